The molecule has 3 rings (SSSR count). The van der Waals surface area contributed by atoms with Crippen molar-refractivity contribution in [1.29, 1.82) is 0 Å². The van der Waals surface area contributed by atoms with Crippen LogP contribution in [0.25, 0.3) is 0 Å². The zero-order valence-corrected chi connectivity index (χ0v) is 16.6. The van der Waals surface area contributed by atoms with E-state index in [0.29, 0.717) is 11.4 Å². The maximum atomic E-state index is 12.9. The largest absolute Gasteiger partial charge is 0.379 e. The number of carbonyl (C=O) groups is 1. The van der Waals surface area contributed by atoms with Crippen LogP contribution in [0.4, 0.5) is 0 Å². The smallest absolute Gasteiger partial charge is 0.223 e. The van der Waals surface area contributed by atoms with Crippen molar-refractivity contribution in [2.45, 2.75) is 12.3 Å². The monoisotopic (exact) mass is 386 g/mol. The Morgan fingerprint density at radius 1 is 1.11 bits per heavy atom. The molecule has 0 radical (unpaired) electrons. The fourth-order valence-corrected chi connectivity index (χ4v) is 3.69. The molecule has 2 aromatic carbocycles. The Labute approximate surface area is 166 Å². The summed E-state index contributed by atoms with van der Waals surface area (Å²) in [5.74, 6) is 0.0928. The van der Waals surface area contributed by atoms with Crippen LogP contribution in [-0.2, 0) is 9.53 Å². The summed E-state index contributed by atoms with van der Waals surface area (Å²) in [6.45, 7) is 5.04. The van der Waals surface area contributed by atoms with Gasteiger partial charge in [-0.15, -0.1) is 0 Å². The molecule has 0 bridgehead atoms. The first kappa shape index (κ1) is 19.9. The van der Waals surface area contributed by atoms with Gasteiger partial charge in [-0.05, 0) is 17.2 Å². The SMILES string of the molecule is CN(CCN1CCOCC1)C(=O)CC(c1ccccc1)c1ccccc1Cl. The van der Waals surface area contributed by atoms with Crippen molar-refractivity contribution in [2.75, 3.05) is 46.4 Å². The van der Waals surface area contributed by atoms with Gasteiger partial charge >= 0.3 is 0 Å². The number of amides is 1. The number of carbonyl (C=O) groups excluding carboxylic acids is 1. The lowest BCUT2D eigenvalue weighted by molar-refractivity contribution is -0.130. The van der Waals surface area contributed by atoms with E-state index in [2.05, 4.69) is 17.0 Å². The number of hydrogen-bond donors (Lipinski definition) is 0. The van der Waals surface area contributed by atoms with Crippen molar-refractivity contribution in [1.82, 2.24) is 9.80 Å². The first-order chi connectivity index (χ1) is 13.1. The highest BCUT2D eigenvalue weighted by atomic mass is 35.5. The summed E-state index contributed by atoms with van der Waals surface area (Å²) in [6, 6.07) is 17.9. The van der Waals surface area contributed by atoms with E-state index in [-0.39, 0.29) is 11.8 Å². The van der Waals surface area contributed by atoms with Gasteiger partial charge in [-0.1, -0.05) is 60.1 Å². The first-order valence-corrected chi connectivity index (χ1v) is 9.86. The van der Waals surface area contributed by atoms with E-state index >= 15 is 0 Å². The highest BCUT2D eigenvalue weighted by molar-refractivity contribution is 6.31. The second-order valence-electron chi connectivity index (χ2n) is 6.96. The molecule has 4 nitrogen and oxygen atoms in total. The molecule has 27 heavy (non-hydrogen) atoms. The zero-order chi connectivity index (χ0) is 19.1. The van der Waals surface area contributed by atoms with Crippen molar-refractivity contribution < 1.29 is 9.53 Å². The zero-order valence-electron chi connectivity index (χ0n) is 15.8. The highest BCUT2D eigenvalue weighted by Gasteiger charge is 2.22. The fourth-order valence-electron chi connectivity index (χ4n) is 3.42. The maximum absolute atomic E-state index is 12.9. The van der Waals surface area contributed by atoms with Crippen molar-refractivity contribution >= 4 is 17.5 Å². The third-order valence-corrected chi connectivity index (χ3v) is 5.49. The van der Waals surface area contributed by atoms with Crippen LogP contribution in [0.3, 0.4) is 0 Å². The molecular formula is C22H27ClN2O2. The van der Waals surface area contributed by atoms with Crippen molar-refractivity contribution in [2.24, 2.45) is 0 Å². The van der Waals surface area contributed by atoms with Gasteiger partial charge < -0.3 is 9.64 Å². The van der Waals surface area contributed by atoms with Crippen LogP contribution in [0.15, 0.2) is 54.6 Å². The second kappa shape index (κ2) is 9.88. The molecule has 1 saturated heterocycles. The lowest BCUT2D eigenvalue weighted by Gasteiger charge is -2.29. The van der Waals surface area contributed by atoms with Crippen LogP contribution in [0.1, 0.15) is 23.5 Å². The Hall–Kier alpha value is -1.88. The maximum Gasteiger partial charge on any atom is 0.223 e. The van der Waals surface area contributed by atoms with Crippen molar-refractivity contribution in [3.8, 4) is 0 Å². The number of nitrogens with zero attached hydrogens (tertiary/aromatic N) is 2. The lowest BCUT2D eigenvalue weighted by atomic mass is 9.88. The Kier molecular flexibility index (Phi) is 7.27. The Morgan fingerprint density at radius 2 is 1.78 bits per heavy atom. The minimum atomic E-state index is -0.0433. The van der Waals surface area contributed by atoms with Gasteiger partial charge in [0.25, 0.3) is 0 Å². The third-order valence-electron chi connectivity index (χ3n) is 5.14. The van der Waals surface area contributed by atoms with Gasteiger partial charge in [-0.3, -0.25) is 9.69 Å². The molecule has 0 saturated carbocycles. The third kappa shape index (κ3) is 5.55. The van der Waals surface area contributed by atoms with Crippen LogP contribution < -0.4 is 0 Å². The quantitative estimate of drug-likeness (QED) is 0.728. The predicted molar refractivity (Wildman–Crippen MR) is 109 cm³/mol. The van der Waals surface area contributed by atoms with E-state index in [4.69, 9.17) is 16.3 Å². The molecule has 1 amide bonds. The van der Waals surface area contributed by atoms with Gasteiger partial charge in [-0.2, -0.15) is 0 Å². The summed E-state index contributed by atoms with van der Waals surface area (Å²) in [5, 5.41) is 0.704. The molecule has 0 N–H and O–H groups in total. The molecule has 2 aromatic rings. The molecule has 144 valence electrons. The van der Waals surface area contributed by atoms with Crippen LogP contribution >= 0.6 is 11.6 Å². The van der Waals surface area contributed by atoms with Crippen molar-refractivity contribution in [3.05, 3.63) is 70.7 Å². The second-order valence-corrected chi connectivity index (χ2v) is 7.37. The molecule has 5 heteroatoms. The normalized spacial score (nSPS) is 16.1. The molecule has 0 spiro atoms. The van der Waals surface area contributed by atoms with Gasteiger partial charge in [0, 0.05) is 50.6 Å². The minimum Gasteiger partial charge on any atom is -0.379 e. The fraction of sp³-hybridized carbons (Fsp3) is 0.409. The Balaban J connectivity index is 1.68. The average molecular weight is 387 g/mol. The number of morpholine rings is 1. The predicted octanol–water partition coefficient (Wildman–Crippen LogP) is 3.65. The Bertz CT molecular complexity index is 732. The van der Waals surface area contributed by atoms with Crippen LogP contribution in [0, 0.1) is 0 Å². The van der Waals surface area contributed by atoms with Crippen LogP contribution in [-0.4, -0.2) is 62.1 Å². The van der Waals surface area contributed by atoms with E-state index in [1.165, 1.54) is 0 Å². The van der Waals surface area contributed by atoms with Gasteiger partial charge in [0.1, 0.15) is 0 Å². The molecule has 1 atom stereocenters. The van der Waals surface area contributed by atoms with Gasteiger partial charge in [-0.25, -0.2) is 0 Å². The molecule has 1 aliphatic heterocycles. The summed E-state index contributed by atoms with van der Waals surface area (Å²) < 4.78 is 5.38. The average Bonchev–Trinajstić information content (AvgIpc) is 2.72. The van der Waals surface area contributed by atoms with Crippen LogP contribution in [0.2, 0.25) is 5.02 Å². The molecular weight excluding hydrogens is 360 g/mol. The standard InChI is InChI=1S/C22H27ClN2O2/c1-24(11-12-25-13-15-27-16-14-25)22(26)17-20(18-7-3-2-4-8-18)19-9-5-6-10-21(19)23/h2-10,20H,11-17H2,1H3. The summed E-state index contributed by atoms with van der Waals surface area (Å²) >= 11 is 6.45. The number of benzene rings is 2. The Morgan fingerprint density at radius 3 is 2.48 bits per heavy atom. The summed E-state index contributed by atoms with van der Waals surface area (Å²) in [4.78, 5) is 17.1. The molecule has 1 aliphatic rings. The number of ether oxygens (including phenoxy) is 1. The molecule has 0 aromatic heterocycles. The van der Waals surface area contributed by atoms with E-state index < -0.39 is 0 Å². The molecule has 1 heterocycles. The number of halogens is 1. The topological polar surface area (TPSA) is 32.8 Å². The minimum absolute atomic E-state index is 0.0433. The molecule has 1 fully saturated rings. The number of likely N-dealkylation sites (N-methyl/N-ethyl adjacent to an activating group) is 1. The number of hydrogen-bond acceptors (Lipinski definition) is 3. The van der Waals surface area contributed by atoms with Crippen LogP contribution in [0.5, 0.6) is 0 Å². The van der Waals surface area contributed by atoms with Gasteiger partial charge in [0.2, 0.25) is 5.91 Å². The first-order valence-electron chi connectivity index (χ1n) is 9.48. The van der Waals surface area contributed by atoms with E-state index in [0.717, 1.165) is 50.5 Å². The van der Waals surface area contributed by atoms with Gasteiger partial charge in [0.05, 0.1) is 13.2 Å². The lowest BCUT2D eigenvalue weighted by Crippen LogP contribution is -2.42. The summed E-state index contributed by atoms with van der Waals surface area (Å²) in [7, 11) is 1.89. The van der Waals surface area contributed by atoms with Crippen molar-refractivity contribution in [3.63, 3.8) is 0 Å². The van der Waals surface area contributed by atoms with E-state index in [1.54, 1.807) is 0 Å². The molecule has 1 unspecified atom stereocenters. The molecule has 0 aliphatic carbocycles. The summed E-state index contributed by atoms with van der Waals surface area (Å²) in [5.41, 5.74) is 2.11. The van der Waals surface area contributed by atoms with Gasteiger partial charge in [0.15, 0.2) is 0 Å². The van der Waals surface area contributed by atoms with E-state index in [9.17, 15) is 4.79 Å². The highest BCUT2D eigenvalue weighted by Crippen LogP contribution is 2.33. The van der Waals surface area contributed by atoms with E-state index in [1.807, 2.05) is 54.4 Å². The number of rotatable bonds is 7. The summed E-state index contributed by atoms with van der Waals surface area (Å²) in [6.07, 6.45) is 0.410.